The molecule has 2 aromatic rings. The van der Waals surface area contributed by atoms with Crippen molar-refractivity contribution < 1.29 is 9.13 Å². The minimum atomic E-state index is -0.415. The van der Waals surface area contributed by atoms with Gasteiger partial charge >= 0.3 is 0 Å². The van der Waals surface area contributed by atoms with E-state index >= 15 is 0 Å². The first kappa shape index (κ1) is 15.0. The fourth-order valence-electron chi connectivity index (χ4n) is 1.94. The fourth-order valence-corrected chi connectivity index (χ4v) is 1.94. The molecule has 2 rings (SSSR count). The Morgan fingerprint density at radius 2 is 1.86 bits per heavy atom. The van der Waals surface area contributed by atoms with Crippen LogP contribution in [0.5, 0.6) is 5.75 Å². The molecule has 0 aromatic heterocycles. The van der Waals surface area contributed by atoms with Crippen molar-refractivity contribution in [2.75, 3.05) is 0 Å². The molecule has 0 saturated carbocycles. The molecule has 2 aromatic carbocycles. The Hall–Kier alpha value is -2.36. The maximum Gasteiger partial charge on any atom is 0.130 e. The fraction of sp³-hybridized carbons (Fsp3) is 0.235. The number of benzene rings is 2. The summed E-state index contributed by atoms with van der Waals surface area (Å²) in [5.74, 6) is 0.609. The van der Waals surface area contributed by atoms with Crippen LogP contribution in [0.2, 0.25) is 0 Å². The lowest BCUT2D eigenvalue weighted by Gasteiger charge is -2.10. The molecule has 0 aliphatic rings. The summed E-state index contributed by atoms with van der Waals surface area (Å²) in [6, 6.07) is 12.3. The van der Waals surface area contributed by atoms with Crippen molar-refractivity contribution in [1.29, 1.82) is 5.41 Å². The molecule has 0 aliphatic heterocycles. The van der Waals surface area contributed by atoms with Crippen LogP contribution in [0.25, 0.3) is 0 Å². The van der Waals surface area contributed by atoms with E-state index in [1.54, 1.807) is 12.1 Å². The number of nitrogens with one attached hydrogen (secondary N) is 1. The van der Waals surface area contributed by atoms with Crippen molar-refractivity contribution in [2.45, 2.75) is 26.4 Å². The topological polar surface area (TPSA) is 59.1 Å². The molecule has 0 aliphatic carbocycles. The largest absolute Gasteiger partial charge is 0.489 e. The second-order valence-corrected chi connectivity index (χ2v) is 5.23. The van der Waals surface area contributed by atoms with Gasteiger partial charge in [-0.3, -0.25) is 5.41 Å². The van der Waals surface area contributed by atoms with E-state index in [1.165, 1.54) is 11.6 Å². The maximum atomic E-state index is 13.9. The minimum absolute atomic E-state index is 0.144. The van der Waals surface area contributed by atoms with Crippen molar-refractivity contribution in [1.82, 2.24) is 0 Å². The summed E-state index contributed by atoms with van der Waals surface area (Å²) >= 11 is 0. The SMILES string of the molecule is CC(C)c1ccc(OCc2ccc(C(=N)N)cc2F)cc1. The van der Waals surface area contributed by atoms with Crippen LogP contribution in [0, 0.1) is 11.2 Å². The standard InChI is InChI=1S/C17H19FN2O/c1-11(2)12-5-7-15(8-6-12)21-10-14-4-3-13(17(19)20)9-16(14)18/h3-9,11H,10H2,1-2H3,(H3,19,20). The Kier molecular flexibility index (Phi) is 4.58. The molecule has 21 heavy (non-hydrogen) atoms. The average Bonchev–Trinajstić information content (AvgIpc) is 2.46. The first-order valence-electron chi connectivity index (χ1n) is 6.83. The zero-order valence-electron chi connectivity index (χ0n) is 12.2. The van der Waals surface area contributed by atoms with Crippen LogP contribution in [-0.2, 0) is 6.61 Å². The third kappa shape index (κ3) is 3.81. The van der Waals surface area contributed by atoms with Crippen molar-refractivity contribution in [3.8, 4) is 5.75 Å². The monoisotopic (exact) mass is 286 g/mol. The predicted molar refractivity (Wildman–Crippen MR) is 82.3 cm³/mol. The maximum absolute atomic E-state index is 13.9. The Labute approximate surface area is 124 Å². The van der Waals surface area contributed by atoms with Gasteiger partial charge in [0.2, 0.25) is 0 Å². The lowest BCUT2D eigenvalue weighted by molar-refractivity contribution is 0.299. The van der Waals surface area contributed by atoms with Crippen molar-refractivity contribution in [2.24, 2.45) is 5.73 Å². The van der Waals surface area contributed by atoms with Gasteiger partial charge in [-0.1, -0.05) is 38.1 Å². The van der Waals surface area contributed by atoms with Crippen molar-refractivity contribution >= 4 is 5.84 Å². The Bertz CT molecular complexity index is 636. The summed E-state index contributed by atoms with van der Waals surface area (Å²) in [6.45, 7) is 4.40. The highest BCUT2D eigenvalue weighted by molar-refractivity contribution is 5.94. The Balaban J connectivity index is 2.04. The van der Waals surface area contributed by atoms with E-state index in [0.717, 1.165) is 0 Å². The first-order chi connectivity index (χ1) is 9.97. The summed E-state index contributed by atoms with van der Waals surface area (Å²) in [4.78, 5) is 0. The first-order valence-corrected chi connectivity index (χ1v) is 6.83. The van der Waals surface area contributed by atoms with Crippen molar-refractivity contribution in [3.63, 3.8) is 0 Å². The molecular weight excluding hydrogens is 267 g/mol. The lowest BCUT2D eigenvalue weighted by atomic mass is 10.0. The second kappa shape index (κ2) is 6.39. The Morgan fingerprint density at radius 1 is 1.19 bits per heavy atom. The molecule has 0 spiro atoms. The molecule has 3 nitrogen and oxygen atoms in total. The summed E-state index contributed by atoms with van der Waals surface area (Å²) in [5, 5.41) is 7.27. The van der Waals surface area contributed by atoms with Gasteiger partial charge in [0, 0.05) is 11.1 Å². The lowest BCUT2D eigenvalue weighted by Crippen LogP contribution is -2.12. The molecule has 0 atom stereocenters. The van der Waals surface area contributed by atoms with Gasteiger partial charge in [-0.2, -0.15) is 0 Å². The molecule has 4 heteroatoms. The number of rotatable bonds is 5. The van der Waals surface area contributed by atoms with Crippen LogP contribution in [0.15, 0.2) is 42.5 Å². The molecule has 0 amide bonds. The van der Waals surface area contributed by atoms with E-state index in [1.807, 2.05) is 24.3 Å². The number of amidine groups is 1. The molecule has 0 saturated heterocycles. The van der Waals surface area contributed by atoms with E-state index in [0.29, 0.717) is 22.8 Å². The van der Waals surface area contributed by atoms with E-state index in [4.69, 9.17) is 15.9 Å². The van der Waals surface area contributed by atoms with Crippen LogP contribution in [0.4, 0.5) is 4.39 Å². The highest BCUT2D eigenvalue weighted by Gasteiger charge is 2.06. The van der Waals surface area contributed by atoms with Crippen LogP contribution < -0.4 is 10.5 Å². The average molecular weight is 286 g/mol. The van der Waals surface area contributed by atoms with E-state index < -0.39 is 5.82 Å². The van der Waals surface area contributed by atoms with E-state index in [-0.39, 0.29) is 12.4 Å². The van der Waals surface area contributed by atoms with Crippen molar-refractivity contribution in [3.05, 3.63) is 65.0 Å². The number of hydrogen-bond donors (Lipinski definition) is 2. The van der Waals surface area contributed by atoms with Gasteiger partial charge in [0.25, 0.3) is 0 Å². The minimum Gasteiger partial charge on any atom is -0.489 e. The molecule has 0 heterocycles. The predicted octanol–water partition coefficient (Wildman–Crippen LogP) is 3.81. The van der Waals surface area contributed by atoms with Gasteiger partial charge in [0.05, 0.1) is 0 Å². The molecular formula is C17H19FN2O. The third-order valence-corrected chi connectivity index (χ3v) is 3.31. The van der Waals surface area contributed by atoms with Crippen LogP contribution in [0.3, 0.4) is 0 Å². The molecule has 3 N–H and O–H groups in total. The quantitative estimate of drug-likeness (QED) is 0.648. The van der Waals surface area contributed by atoms with E-state index in [9.17, 15) is 4.39 Å². The second-order valence-electron chi connectivity index (χ2n) is 5.23. The van der Waals surface area contributed by atoms with Gasteiger partial charge < -0.3 is 10.5 Å². The normalized spacial score (nSPS) is 10.7. The van der Waals surface area contributed by atoms with Crippen LogP contribution in [0.1, 0.15) is 36.5 Å². The zero-order chi connectivity index (χ0) is 15.4. The third-order valence-electron chi connectivity index (χ3n) is 3.31. The number of hydrogen-bond acceptors (Lipinski definition) is 2. The van der Waals surface area contributed by atoms with Crippen LogP contribution >= 0.6 is 0 Å². The smallest absolute Gasteiger partial charge is 0.130 e. The Morgan fingerprint density at radius 3 is 2.38 bits per heavy atom. The zero-order valence-corrected chi connectivity index (χ0v) is 12.2. The summed E-state index contributed by atoms with van der Waals surface area (Å²) in [5.41, 5.74) is 7.37. The molecule has 0 radical (unpaired) electrons. The summed E-state index contributed by atoms with van der Waals surface area (Å²) in [7, 11) is 0. The molecule has 0 fully saturated rings. The van der Waals surface area contributed by atoms with E-state index in [2.05, 4.69) is 13.8 Å². The summed E-state index contributed by atoms with van der Waals surface area (Å²) in [6.07, 6.45) is 0. The number of nitrogen functional groups attached to an aromatic ring is 1. The number of nitrogens with two attached hydrogens (primary N) is 1. The van der Waals surface area contributed by atoms with Crippen LogP contribution in [-0.4, -0.2) is 5.84 Å². The summed E-state index contributed by atoms with van der Waals surface area (Å²) < 4.78 is 19.4. The highest BCUT2D eigenvalue weighted by atomic mass is 19.1. The molecule has 110 valence electrons. The van der Waals surface area contributed by atoms with Gasteiger partial charge in [0.1, 0.15) is 24.0 Å². The highest BCUT2D eigenvalue weighted by Crippen LogP contribution is 2.20. The van der Waals surface area contributed by atoms with Gasteiger partial charge in [0.15, 0.2) is 0 Å². The van der Waals surface area contributed by atoms with Gasteiger partial charge in [-0.05, 0) is 29.7 Å². The van der Waals surface area contributed by atoms with Gasteiger partial charge in [-0.25, -0.2) is 4.39 Å². The van der Waals surface area contributed by atoms with Gasteiger partial charge in [-0.15, -0.1) is 0 Å². The molecule has 0 bridgehead atoms. The molecule has 0 unspecified atom stereocenters. The number of halogens is 1. The number of ether oxygens (including phenoxy) is 1.